The number of rotatable bonds is 4. The van der Waals surface area contributed by atoms with Crippen LogP contribution in [0.1, 0.15) is 24.3 Å². The third-order valence-electron chi connectivity index (χ3n) is 2.81. The number of hydrogen-bond donors (Lipinski definition) is 0. The molecule has 0 aliphatic carbocycles. The maximum atomic E-state index is 11.3. The Morgan fingerprint density at radius 2 is 2.20 bits per heavy atom. The summed E-state index contributed by atoms with van der Waals surface area (Å²) in [5.41, 5.74) is 1.77. The van der Waals surface area contributed by atoms with Gasteiger partial charge in [-0.1, -0.05) is 18.7 Å². The van der Waals surface area contributed by atoms with E-state index in [1.165, 1.54) is 0 Å². The molecule has 1 aliphatic rings. The maximum absolute atomic E-state index is 11.3. The number of hydrogen-bond acceptors (Lipinski definition) is 5. The van der Waals surface area contributed by atoms with E-state index in [4.69, 9.17) is 19.5 Å². The molecule has 0 radical (unpaired) electrons. The van der Waals surface area contributed by atoms with E-state index in [1.54, 1.807) is 31.2 Å². The Morgan fingerprint density at radius 3 is 2.80 bits per heavy atom. The number of carbonyl (C=O) groups is 1. The summed E-state index contributed by atoms with van der Waals surface area (Å²) in [7, 11) is 0. The van der Waals surface area contributed by atoms with E-state index < -0.39 is 12.3 Å². The quantitative estimate of drug-likeness (QED) is 0.620. The molecule has 1 heterocycles. The minimum Gasteiger partial charge on any atom is -0.459 e. The van der Waals surface area contributed by atoms with Crippen LogP contribution >= 0.6 is 0 Å². The molecule has 0 spiro atoms. The number of benzene rings is 1. The first-order valence-electron chi connectivity index (χ1n) is 6.20. The maximum Gasteiger partial charge on any atom is 0.333 e. The number of nitrogens with zero attached hydrogens (tertiary/aromatic N) is 1. The van der Waals surface area contributed by atoms with Gasteiger partial charge in [0.25, 0.3) is 0 Å². The van der Waals surface area contributed by atoms with Crippen molar-refractivity contribution in [1.82, 2.24) is 0 Å². The van der Waals surface area contributed by atoms with Crippen LogP contribution in [-0.2, 0) is 19.0 Å². The van der Waals surface area contributed by atoms with Gasteiger partial charge in [0.15, 0.2) is 6.29 Å². The van der Waals surface area contributed by atoms with Gasteiger partial charge in [0.2, 0.25) is 0 Å². The highest BCUT2D eigenvalue weighted by molar-refractivity contribution is 5.86. The lowest BCUT2D eigenvalue weighted by Crippen LogP contribution is -2.20. The molecule has 0 aromatic heterocycles. The van der Waals surface area contributed by atoms with E-state index in [0.717, 1.165) is 5.56 Å². The second-order valence-electron chi connectivity index (χ2n) is 4.54. The number of nitriles is 1. The third kappa shape index (κ3) is 3.44. The number of ether oxygens (including phenoxy) is 3. The van der Waals surface area contributed by atoms with Crippen LogP contribution in [0.25, 0.3) is 0 Å². The molecule has 1 aromatic rings. The molecule has 1 aromatic carbocycles. The molecule has 0 N–H and O–H groups in total. The molecular formula is C15H15NO4. The zero-order chi connectivity index (χ0) is 14.5. The monoisotopic (exact) mass is 273 g/mol. The van der Waals surface area contributed by atoms with Crippen LogP contribution in [0, 0.1) is 11.3 Å². The van der Waals surface area contributed by atoms with Gasteiger partial charge >= 0.3 is 5.97 Å². The fraction of sp³-hybridized carbons (Fsp3) is 0.333. The van der Waals surface area contributed by atoms with Crippen LogP contribution in [0.4, 0.5) is 0 Å². The van der Waals surface area contributed by atoms with Gasteiger partial charge in [-0.3, -0.25) is 0 Å². The van der Waals surface area contributed by atoms with Gasteiger partial charge in [-0.25, -0.2) is 4.79 Å². The Labute approximate surface area is 117 Å². The standard InChI is InChI=1S/C15H15NO4/c1-10(2)14(17)18-8-13-9-19-15(20-13)12-5-3-11(7-16)4-6-12/h3-6,13,15H,1,8-9H2,2H3/t13-,15-/m0/s1. The molecular weight excluding hydrogens is 258 g/mol. The summed E-state index contributed by atoms with van der Waals surface area (Å²) in [5, 5.41) is 8.73. The van der Waals surface area contributed by atoms with E-state index in [9.17, 15) is 4.79 Å². The van der Waals surface area contributed by atoms with Crippen LogP contribution < -0.4 is 0 Å². The van der Waals surface area contributed by atoms with Crippen LogP contribution in [0.2, 0.25) is 0 Å². The average molecular weight is 273 g/mol. The van der Waals surface area contributed by atoms with E-state index in [-0.39, 0.29) is 12.7 Å². The third-order valence-corrected chi connectivity index (χ3v) is 2.81. The van der Waals surface area contributed by atoms with Gasteiger partial charge in [-0.15, -0.1) is 0 Å². The summed E-state index contributed by atoms with van der Waals surface area (Å²) in [6.45, 7) is 5.59. The molecule has 20 heavy (non-hydrogen) atoms. The van der Waals surface area contributed by atoms with Crippen molar-refractivity contribution in [3.05, 3.63) is 47.5 Å². The Hall–Kier alpha value is -2.16. The lowest BCUT2D eigenvalue weighted by Gasteiger charge is -2.12. The number of esters is 1. The van der Waals surface area contributed by atoms with Crippen molar-refractivity contribution >= 4 is 5.97 Å². The van der Waals surface area contributed by atoms with Gasteiger partial charge < -0.3 is 14.2 Å². The molecule has 0 bridgehead atoms. The van der Waals surface area contributed by atoms with Gasteiger partial charge in [-0.05, 0) is 19.1 Å². The molecule has 2 atom stereocenters. The summed E-state index contributed by atoms with van der Waals surface area (Å²) >= 11 is 0. The molecule has 2 rings (SSSR count). The van der Waals surface area contributed by atoms with Gasteiger partial charge in [0, 0.05) is 11.1 Å². The smallest absolute Gasteiger partial charge is 0.333 e. The van der Waals surface area contributed by atoms with Gasteiger partial charge in [0.05, 0.1) is 18.2 Å². The molecule has 5 nitrogen and oxygen atoms in total. The van der Waals surface area contributed by atoms with Crippen LogP contribution in [0.5, 0.6) is 0 Å². The Morgan fingerprint density at radius 1 is 1.50 bits per heavy atom. The van der Waals surface area contributed by atoms with E-state index in [2.05, 4.69) is 6.58 Å². The molecule has 5 heteroatoms. The molecule has 1 aliphatic heterocycles. The van der Waals surface area contributed by atoms with Gasteiger partial charge in [-0.2, -0.15) is 5.26 Å². The van der Waals surface area contributed by atoms with Crippen molar-refractivity contribution in [2.24, 2.45) is 0 Å². The Kier molecular flexibility index (Phi) is 4.51. The average Bonchev–Trinajstić information content (AvgIpc) is 2.93. The van der Waals surface area contributed by atoms with Crippen molar-refractivity contribution in [1.29, 1.82) is 5.26 Å². The summed E-state index contributed by atoms with van der Waals surface area (Å²) < 4.78 is 16.2. The summed E-state index contributed by atoms with van der Waals surface area (Å²) in [6, 6.07) is 9.03. The molecule has 1 fully saturated rings. The summed E-state index contributed by atoms with van der Waals surface area (Å²) in [4.78, 5) is 11.3. The van der Waals surface area contributed by atoms with Gasteiger partial charge in [0.1, 0.15) is 12.7 Å². The summed E-state index contributed by atoms with van der Waals surface area (Å²) in [5.74, 6) is -0.435. The minimum atomic E-state index is -0.490. The lowest BCUT2D eigenvalue weighted by atomic mass is 10.1. The second-order valence-corrected chi connectivity index (χ2v) is 4.54. The predicted octanol–water partition coefficient (Wildman–Crippen LogP) is 2.09. The molecule has 1 saturated heterocycles. The van der Waals surface area contributed by atoms with Crippen molar-refractivity contribution in [3.8, 4) is 6.07 Å². The highest BCUT2D eigenvalue weighted by atomic mass is 16.7. The molecule has 104 valence electrons. The summed E-state index contributed by atoms with van der Waals surface area (Å²) in [6.07, 6.45) is -0.782. The fourth-order valence-corrected chi connectivity index (χ4v) is 1.72. The first-order chi connectivity index (χ1) is 9.60. The van der Waals surface area contributed by atoms with Crippen molar-refractivity contribution in [2.45, 2.75) is 19.3 Å². The zero-order valence-corrected chi connectivity index (χ0v) is 11.2. The molecule has 0 saturated carbocycles. The second kappa shape index (κ2) is 6.33. The lowest BCUT2D eigenvalue weighted by molar-refractivity contribution is -0.143. The van der Waals surface area contributed by atoms with E-state index in [1.807, 2.05) is 6.07 Å². The Bertz CT molecular complexity index is 544. The van der Waals surface area contributed by atoms with Crippen LogP contribution in [0.15, 0.2) is 36.4 Å². The molecule has 0 unspecified atom stereocenters. The normalized spacial score (nSPS) is 21.2. The zero-order valence-electron chi connectivity index (χ0n) is 11.2. The highest BCUT2D eigenvalue weighted by Gasteiger charge is 2.28. The van der Waals surface area contributed by atoms with E-state index >= 15 is 0 Å². The van der Waals surface area contributed by atoms with Crippen LogP contribution in [0.3, 0.4) is 0 Å². The highest BCUT2D eigenvalue weighted by Crippen LogP contribution is 2.27. The minimum absolute atomic E-state index is 0.137. The first-order valence-corrected chi connectivity index (χ1v) is 6.20. The Balaban J connectivity index is 1.87. The number of carbonyl (C=O) groups excluding carboxylic acids is 1. The van der Waals surface area contributed by atoms with Crippen molar-refractivity contribution in [2.75, 3.05) is 13.2 Å². The molecule has 0 amide bonds. The first kappa shape index (κ1) is 14.3. The van der Waals surface area contributed by atoms with Crippen LogP contribution in [-0.4, -0.2) is 25.3 Å². The van der Waals surface area contributed by atoms with E-state index in [0.29, 0.717) is 17.7 Å². The fourth-order valence-electron chi connectivity index (χ4n) is 1.72. The SMILES string of the molecule is C=C(C)C(=O)OC[C@H]1CO[C@H](c2ccc(C#N)cc2)O1. The topological polar surface area (TPSA) is 68.5 Å². The van der Waals surface area contributed by atoms with Crippen molar-refractivity contribution in [3.63, 3.8) is 0 Å². The predicted molar refractivity (Wildman–Crippen MR) is 70.5 cm³/mol. The largest absolute Gasteiger partial charge is 0.459 e. The van der Waals surface area contributed by atoms with Crippen molar-refractivity contribution < 1.29 is 19.0 Å².